The Labute approximate surface area is 165 Å². The lowest BCUT2D eigenvalue weighted by molar-refractivity contribution is 0.0595. The molecule has 28 heavy (non-hydrogen) atoms. The Hall–Kier alpha value is -3.12. The molecule has 0 bridgehead atoms. The first-order valence-corrected chi connectivity index (χ1v) is 9.09. The van der Waals surface area contributed by atoms with E-state index in [0.717, 1.165) is 28.3 Å². The summed E-state index contributed by atoms with van der Waals surface area (Å²) in [6.45, 7) is 4.21. The topological polar surface area (TPSA) is 68.2 Å². The Kier molecular flexibility index (Phi) is 6.11. The number of rotatable bonds is 6. The summed E-state index contributed by atoms with van der Waals surface area (Å²) in [6, 6.07) is 12.8. The maximum absolute atomic E-state index is 13.0. The number of ether oxygens (including phenoxy) is 1. The predicted octanol–water partition coefficient (Wildman–Crippen LogP) is 3.62. The summed E-state index contributed by atoms with van der Waals surface area (Å²) in [5.41, 5.74) is 4.88. The summed E-state index contributed by atoms with van der Waals surface area (Å²) in [5.74, 6) is -0.0914. The van der Waals surface area contributed by atoms with Crippen LogP contribution in [0.4, 0.5) is 0 Å². The third-order valence-corrected chi connectivity index (χ3v) is 4.62. The first-order chi connectivity index (χ1) is 13.5. The summed E-state index contributed by atoms with van der Waals surface area (Å²) in [5, 5.41) is 0. The number of carbonyl (C=O) groups excluding carboxylic acids is 1. The lowest BCUT2D eigenvalue weighted by Crippen LogP contribution is -2.34. The minimum Gasteiger partial charge on any atom is -0.382 e. The van der Waals surface area contributed by atoms with E-state index in [2.05, 4.69) is 15.0 Å². The van der Waals surface area contributed by atoms with Crippen LogP contribution in [0.5, 0.6) is 0 Å². The van der Waals surface area contributed by atoms with E-state index in [0.29, 0.717) is 12.2 Å². The number of nitrogens with zero attached hydrogens (tertiary/aromatic N) is 4. The molecule has 0 N–H and O–H groups in total. The number of aryl methyl sites for hydroxylation is 2. The molecular weight excluding hydrogens is 352 g/mol. The van der Waals surface area contributed by atoms with Crippen molar-refractivity contribution in [1.82, 2.24) is 19.9 Å². The van der Waals surface area contributed by atoms with Gasteiger partial charge in [0.15, 0.2) is 0 Å². The van der Waals surface area contributed by atoms with Crippen LogP contribution in [0, 0.1) is 13.8 Å². The largest absolute Gasteiger partial charge is 0.382 e. The number of methoxy groups -OCH3 is 1. The van der Waals surface area contributed by atoms with Crippen molar-refractivity contribution < 1.29 is 9.53 Å². The van der Waals surface area contributed by atoms with E-state index in [1.807, 2.05) is 56.3 Å². The van der Waals surface area contributed by atoms with Gasteiger partial charge in [-0.1, -0.05) is 18.2 Å². The summed E-state index contributed by atoms with van der Waals surface area (Å²) >= 11 is 0. The number of benzene rings is 1. The van der Waals surface area contributed by atoms with Gasteiger partial charge >= 0.3 is 0 Å². The molecule has 0 saturated carbocycles. The molecule has 0 fully saturated rings. The molecule has 0 aliphatic heterocycles. The van der Waals surface area contributed by atoms with E-state index in [9.17, 15) is 4.79 Å². The minimum atomic E-state index is -0.261. The van der Waals surface area contributed by atoms with E-state index in [1.165, 1.54) is 0 Å². The van der Waals surface area contributed by atoms with Gasteiger partial charge in [-0.15, -0.1) is 0 Å². The Bertz CT molecular complexity index is 943. The first-order valence-electron chi connectivity index (χ1n) is 9.09. The van der Waals surface area contributed by atoms with Gasteiger partial charge in [-0.3, -0.25) is 14.8 Å². The number of likely N-dealkylation sites (N-methyl/N-ethyl adjacent to an activating group) is 1. The van der Waals surface area contributed by atoms with Crippen LogP contribution < -0.4 is 0 Å². The molecule has 0 spiro atoms. The fraction of sp³-hybridized carbons (Fsp3) is 0.273. The van der Waals surface area contributed by atoms with Crippen molar-refractivity contribution >= 4 is 5.91 Å². The van der Waals surface area contributed by atoms with Crippen LogP contribution in [0.1, 0.15) is 33.5 Å². The molecule has 2 aromatic heterocycles. The molecule has 3 aromatic rings. The molecule has 1 amide bonds. The van der Waals surface area contributed by atoms with Gasteiger partial charge in [-0.05, 0) is 38.1 Å². The molecule has 0 aliphatic rings. The van der Waals surface area contributed by atoms with Gasteiger partial charge in [0.25, 0.3) is 5.91 Å². The van der Waals surface area contributed by atoms with Crippen LogP contribution in [0.3, 0.4) is 0 Å². The number of aromatic nitrogens is 3. The van der Waals surface area contributed by atoms with Crippen molar-refractivity contribution in [3.8, 4) is 11.3 Å². The standard InChI is InChI=1S/C22H24N4O2/c1-15-13-24-16(2)21(25-15)17-8-10-18(11-9-17)22(27)26(3)20(14-28-4)19-7-5-6-12-23-19/h5-13,20H,14H2,1-4H3/t20-/m0/s1. The van der Waals surface area contributed by atoms with Crippen LogP contribution in [0.2, 0.25) is 0 Å². The molecule has 6 nitrogen and oxygen atoms in total. The van der Waals surface area contributed by atoms with Crippen molar-refractivity contribution in [2.24, 2.45) is 0 Å². The maximum atomic E-state index is 13.0. The average Bonchev–Trinajstić information content (AvgIpc) is 2.73. The van der Waals surface area contributed by atoms with Gasteiger partial charge in [0.1, 0.15) is 0 Å². The van der Waals surface area contributed by atoms with Gasteiger partial charge < -0.3 is 9.64 Å². The summed E-state index contributed by atoms with van der Waals surface area (Å²) in [6.07, 6.45) is 3.47. The van der Waals surface area contributed by atoms with Gasteiger partial charge in [-0.25, -0.2) is 4.98 Å². The van der Waals surface area contributed by atoms with E-state index < -0.39 is 0 Å². The fourth-order valence-corrected chi connectivity index (χ4v) is 3.05. The zero-order chi connectivity index (χ0) is 20.1. The third kappa shape index (κ3) is 4.23. The quantitative estimate of drug-likeness (QED) is 0.657. The number of amides is 1. The van der Waals surface area contributed by atoms with Crippen molar-refractivity contribution in [2.45, 2.75) is 19.9 Å². The lowest BCUT2D eigenvalue weighted by atomic mass is 10.1. The van der Waals surface area contributed by atoms with Crippen LogP contribution >= 0.6 is 0 Å². The molecule has 1 atom stereocenters. The SMILES string of the molecule is COC[C@@H](c1ccccn1)N(C)C(=O)c1ccc(-c2nc(C)cnc2C)cc1. The zero-order valence-corrected chi connectivity index (χ0v) is 16.6. The number of hydrogen-bond acceptors (Lipinski definition) is 5. The van der Waals surface area contributed by atoms with Crippen molar-refractivity contribution in [3.63, 3.8) is 0 Å². The molecule has 3 rings (SSSR count). The zero-order valence-electron chi connectivity index (χ0n) is 16.6. The molecular formula is C22H24N4O2. The van der Waals surface area contributed by atoms with Gasteiger partial charge in [-0.2, -0.15) is 0 Å². The van der Waals surface area contributed by atoms with E-state index in [-0.39, 0.29) is 11.9 Å². The second-order valence-electron chi connectivity index (χ2n) is 6.66. The van der Waals surface area contributed by atoms with Crippen LogP contribution in [0.15, 0.2) is 54.9 Å². The molecule has 0 radical (unpaired) electrons. The normalized spacial score (nSPS) is 11.9. The monoisotopic (exact) mass is 376 g/mol. The van der Waals surface area contributed by atoms with Gasteiger partial charge in [0.2, 0.25) is 0 Å². The van der Waals surface area contributed by atoms with Crippen molar-refractivity contribution in [2.75, 3.05) is 20.8 Å². The van der Waals surface area contributed by atoms with Crippen LogP contribution in [0.25, 0.3) is 11.3 Å². The van der Waals surface area contributed by atoms with E-state index in [4.69, 9.17) is 4.74 Å². The molecule has 6 heteroatoms. The molecule has 0 aliphatic carbocycles. The molecule has 1 aromatic carbocycles. The van der Waals surface area contributed by atoms with Gasteiger partial charge in [0, 0.05) is 37.7 Å². The second-order valence-corrected chi connectivity index (χ2v) is 6.66. The fourth-order valence-electron chi connectivity index (χ4n) is 3.05. The molecule has 0 saturated heterocycles. The summed E-state index contributed by atoms with van der Waals surface area (Å²) in [7, 11) is 3.39. The van der Waals surface area contributed by atoms with E-state index in [1.54, 1.807) is 31.5 Å². The first kappa shape index (κ1) is 19.6. The highest BCUT2D eigenvalue weighted by atomic mass is 16.5. The number of hydrogen-bond donors (Lipinski definition) is 0. The number of pyridine rings is 1. The Morgan fingerprint density at radius 3 is 2.50 bits per heavy atom. The maximum Gasteiger partial charge on any atom is 0.254 e. The van der Waals surface area contributed by atoms with Crippen LogP contribution in [-0.2, 0) is 4.74 Å². The number of carbonyl (C=O) groups is 1. The minimum absolute atomic E-state index is 0.0914. The predicted molar refractivity (Wildman–Crippen MR) is 108 cm³/mol. The Balaban J connectivity index is 1.84. The highest BCUT2D eigenvalue weighted by molar-refractivity contribution is 5.94. The van der Waals surface area contributed by atoms with E-state index >= 15 is 0 Å². The lowest BCUT2D eigenvalue weighted by Gasteiger charge is -2.27. The van der Waals surface area contributed by atoms with Crippen LogP contribution in [-0.4, -0.2) is 46.5 Å². The molecule has 2 heterocycles. The van der Waals surface area contributed by atoms with Crippen molar-refractivity contribution in [1.29, 1.82) is 0 Å². The molecule has 144 valence electrons. The average molecular weight is 376 g/mol. The third-order valence-electron chi connectivity index (χ3n) is 4.62. The van der Waals surface area contributed by atoms with Gasteiger partial charge in [0.05, 0.1) is 35.4 Å². The highest BCUT2D eigenvalue weighted by Crippen LogP contribution is 2.23. The Morgan fingerprint density at radius 1 is 1.11 bits per heavy atom. The highest BCUT2D eigenvalue weighted by Gasteiger charge is 2.23. The van der Waals surface area contributed by atoms with Crippen molar-refractivity contribution in [3.05, 3.63) is 77.5 Å². The summed E-state index contributed by atoms with van der Waals surface area (Å²) < 4.78 is 5.32. The Morgan fingerprint density at radius 2 is 1.86 bits per heavy atom. The second kappa shape index (κ2) is 8.71. The smallest absolute Gasteiger partial charge is 0.254 e. The summed E-state index contributed by atoms with van der Waals surface area (Å²) in [4.78, 5) is 28.0. The molecule has 0 unspecified atom stereocenters.